The first-order valence-corrected chi connectivity index (χ1v) is 21.2. The third-order valence-corrected chi connectivity index (χ3v) is 8.16. The van der Waals surface area contributed by atoms with Crippen LogP contribution in [-0.4, -0.2) is 102 Å². The average molecular weight is 916 g/mol. The van der Waals surface area contributed by atoms with E-state index in [1.54, 1.807) is 144 Å². The van der Waals surface area contributed by atoms with Crippen LogP contribution in [0.5, 0.6) is 11.5 Å². The van der Waals surface area contributed by atoms with Gasteiger partial charge in [0.25, 0.3) is 11.8 Å². The third-order valence-electron chi connectivity index (χ3n) is 8.16. The minimum Gasteiger partial charge on any atom is -0.492 e. The highest BCUT2D eigenvalue weighted by Crippen LogP contribution is 2.34. The summed E-state index contributed by atoms with van der Waals surface area (Å²) < 4.78 is 33.6. The molecule has 0 spiro atoms. The molecule has 66 heavy (non-hydrogen) atoms. The van der Waals surface area contributed by atoms with Crippen molar-refractivity contribution >= 4 is 48.1 Å². The molecule has 0 aromatic heterocycles. The average Bonchev–Trinajstić information content (AvgIpc) is 3.40. The number of carbonyl (C=O) groups is 6. The summed E-state index contributed by atoms with van der Waals surface area (Å²) in [5.74, 6) is -0.430. The largest absolute Gasteiger partial charge is 0.492 e. The molecule has 19 nitrogen and oxygen atoms in total. The highest BCUT2D eigenvalue weighted by Gasteiger charge is 2.35. The van der Waals surface area contributed by atoms with Gasteiger partial charge in [0.2, 0.25) is 11.9 Å². The molecule has 0 unspecified atom stereocenters. The molecule has 0 saturated carbocycles. The second-order valence-corrected chi connectivity index (χ2v) is 18.8. The van der Waals surface area contributed by atoms with Crippen LogP contribution >= 0.6 is 0 Å². The molecule has 1 aliphatic heterocycles. The fourth-order valence-corrected chi connectivity index (χ4v) is 5.79. The van der Waals surface area contributed by atoms with Gasteiger partial charge in [0.05, 0.1) is 30.8 Å². The number of ether oxygens (including phenoxy) is 6. The van der Waals surface area contributed by atoms with Gasteiger partial charge in [-0.05, 0) is 125 Å². The number of nitrogens with one attached hydrogen (secondary N) is 4. The number of benzene rings is 3. The van der Waals surface area contributed by atoms with Gasteiger partial charge in [-0.25, -0.2) is 19.2 Å². The lowest BCUT2D eigenvalue weighted by atomic mass is 10.0. The zero-order valence-electron chi connectivity index (χ0n) is 39.6. The van der Waals surface area contributed by atoms with E-state index >= 15 is 0 Å². The SMILES string of the molecule is CC(C)(C)OC(=O)N=C(NCCOc1cccc(-c2ccc(CN3C(=O)c4ccccc4C3=O)cc2OCCNC(=NC(=O)OC(C)(C)C)NC(=O)OC(C)(C)C)c1)NC(=O)OC(C)(C)C. The van der Waals surface area contributed by atoms with Crippen molar-refractivity contribution in [2.75, 3.05) is 26.3 Å². The molecule has 1 aliphatic rings. The van der Waals surface area contributed by atoms with Crippen molar-refractivity contribution in [3.8, 4) is 22.6 Å². The number of guanidine groups is 2. The lowest BCUT2D eigenvalue weighted by Gasteiger charge is -2.21. The molecule has 3 aromatic carbocycles. The molecular weight excluding hydrogens is 855 g/mol. The van der Waals surface area contributed by atoms with Crippen LogP contribution in [0.25, 0.3) is 11.1 Å². The van der Waals surface area contributed by atoms with E-state index in [0.717, 1.165) is 0 Å². The van der Waals surface area contributed by atoms with E-state index in [4.69, 9.17) is 28.4 Å². The number of fused-ring (bicyclic) bond motifs is 1. The number of amides is 6. The molecule has 4 N–H and O–H groups in total. The standard InChI is InChI=1S/C47H61N7O12/c1-44(2,3)63-40(57)50-38(51-41(58)64-45(4,5)6)48-22-24-61-31-17-15-16-30(27-31)32-21-20-29(28-54-36(55)33-18-13-14-19-34(33)37(54)56)26-35(32)62-25-23-49-39(52-42(59)65-46(7,8)9)53-43(60)66-47(10,11)12/h13-21,26-27H,22-25,28H2,1-12H3,(H2,48,50,51,57,58)(H2,49,52,53,59,60). The van der Waals surface area contributed by atoms with Crippen molar-refractivity contribution < 1.29 is 57.2 Å². The second kappa shape index (κ2) is 21.7. The molecule has 356 valence electrons. The second-order valence-electron chi connectivity index (χ2n) is 18.8. The summed E-state index contributed by atoms with van der Waals surface area (Å²) in [4.78, 5) is 85.7. The summed E-state index contributed by atoms with van der Waals surface area (Å²) >= 11 is 0. The Hall–Kier alpha value is -7.18. The smallest absolute Gasteiger partial charge is 0.437 e. The minimum absolute atomic E-state index is 0.0255. The van der Waals surface area contributed by atoms with Crippen LogP contribution in [0, 0.1) is 0 Å². The van der Waals surface area contributed by atoms with E-state index in [9.17, 15) is 28.8 Å². The van der Waals surface area contributed by atoms with Gasteiger partial charge < -0.3 is 39.1 Å². The Morgan fingerprint density at radius 2 is 1.02 bits per heavy atom. The predicted molar refractivity (Wildman–Crippen MR) is 246 cm³/mol. The van der Waals surface area contributed by atoms with Crippen molar-refractivity contribution in [3.63, 3.8) is 0 Å². The Bertz CT molecular complexity index is 2300. The summed E-state index contributed by atoms with van der Waals surface area (Å²) in [5, 5.41) is 10.6. The first-order valence-electron chi connectivity index (χ1n) is 21.2. The number of imide groups is 1. The molecule has 0 bridgehead atoms. The molecule has 0 saturated heterocycles. The normalized spacial score (nSPS) is 13.3. The maximum absolute atomic E-state index is 13.3. The zero-order valence-corrected chi connectivity index (χ0v) is 39.6. The number of hydrogen-bond acceptors (Lipinski definition) is 12. The van der Waals surface area contributed by atoms with Gasteiger partial charge in [-0.2, -0.15) is 0 Å². The lowest BCUT2D eigenvalue weighted by Crippen LogP contribution is -2.45. The van der Waals surface area contributed by atoms with E-state index in [0.29, 0.717) is 39.3 Å². The zero-order chi connectivity index (χ0) is 49.0. The van der Waals surface area contributed by atoms with Crippen molar-refractivity contribution in [3.05, 3.63) is 83.4 Å². The van der Waals surface area contributed by atoms with Gasteiger partial charge in [0, 0.05) is 5.56 Å². The van der Waals surface area contributed by atoms with Gasteiger partial charge in [0.1, 0.15) is 47.1 Å². The number of rotatable bonds is 11. The molecule has 1 heterocycles. The van der Waals surface area contributed by atoms with Crippen LogP contribution in [0.2, 0.25) is 0 Å². The van der Waals surface area contributed by atoms with E-state index in [2.05, 4.69) is 31.3 Å². The monoisotopic (exact) mass is 915 g/mol. The number of alkyl carbamates (subject to hydrolysis) is 2. The van der Waals surface area contributed by atoms with Crippen LogP contribution in [0.3, 0.4) is 0 Å². The quantitative estimate of drug-likeness (QED) is 0.0474. The molecule has 19 heteroatoms. The summed E-state index contributed by atoms with van der Waals surface area (Å²) in [6.45, 7) is 20.4. The number of aliphatic imine (C=N–C) groups is 2. The maximum Gasteiger partial charge on any atom is 0.437 e. The fraction of sp³-hybridized carbons (Fsp3) is 0.447. The third kappa shape index (κ3) is 17.4. The first-order chi connectivity index (χ1) is 30.6. The number of nitrogens with zero attached hydrogens (tertiary/aromatic N) is 3. The lowest BCUT2D eigenvalue weighted by molar-refractivity contribution is 0.0542. The van der Waals surface area contributed by atoms with E-state index in [1.165, 1.54) is 4.90 Å². The van der Waals surface area contributed by atoms with E-state index < -0.39 is 58.6 Å². The summed E-state index contributed by atoms with van der Waals surface area (Å²) in [6.07, 6.45) is -3.56. The Balaban J connectivity index is 1.55. The van der Waals surface area contributed by atoms with Crippen LogP contribution in [0.15, 0.2) is 76.7 Å². The van der Waals surface area contributed by atoms with Crippen molar-refractivity contribution in [1.29, 1.82) is 0 Å². The Labute approximate surface area is 385 Å². The number of carbonyl (C=O) groups excluding carboxylic acids is 6. The van der Waals surface area contributed by atoms with Gasteiger partial charge in [-0.3, -0.25) is 25.1 Å². The molecule has 0 fully saturated rings. The van der Waals surface area contributed by atoms with E-state index in [1.807, 2.05) is 6.07 Å². The molecule has 0 aliphatic carbocycles. The highest BCUT2D eigenvalue weighted by molar-refractivity contribution is 6.21. The van der Waals surface area contributed by atoms with Crippen LogP contribution in [-0.2, 0) is 25.5 Å². The highest BCUT2D eigenvalue weighted by atomic mass is 16.6. The maximum atomic E-state index is 13.3. The van der Waals surface area contributed by atoms with Crippen molar-refractivity contribution in [2.24, 2.45) is 9.98 Å². The number of hydrogen-bond donors (Lipinski definition) is 4. The first kappa shape index (κ1) is 51.5. The Kier molecular flexibility index (Phi) is 16.9. The van der Waals surface area contributed by atoms with Gasteiger partial charge >= 0.3 is 24.4 Å². The molecule has 4 rings (SSSR count). The predicted octanol–water partition coefficient (Wildman–Crippen LogP) is 7.72. The van der Waals surface area contributed by atoms with E-state index in [-0.39, 0.29) is 44.8 Å². The van der Waals surface area contributed by atoms with Gasteiger partial charge in [-0.1, -0.05) is 36.4 Å². The van der Waals surface area contributed by atoms with Crippen LogP contribution in [0.4, 0.5) is 19.2 Å². The summed E-state index contributed by atoms with van der Waals surface area (Å²) in [6, 6.07) is 19.0. The Morgan fingerprint density at radius 3 is 1.48 bits per heavy atom. The molecule has 0 radical (unpaired) electrons. The fourth-order valence-electron chi connectivity index (χ4n) is 5.79. The van der Waals surface area contributed by atoms with Crippen molar-refractivity contribution in [1.82, 2.24) is 26.2 Å². The summed E-state index contributed by atoms with van der Waals surface area (Å²) in [5.41, 5.74) is -0.783. The molecule has 6 amide bonds. The summed E-state index contributed by atoms with van der Waals surface area (Å²) in [7, 11) is 0. The van der Waals surface area contributed by atoms with Gasteiger partial charge in [-0.15, -0.1) is 9.98 Å². The van der Waals surface area contributed by atoms with Crippen LogP contribution in [0.1, 0.15) is 109 Å². The molecule has 0 atom stereocenters. The topological polar surface area (TPSA) is 234 Å². The minimum atomic E-state index is -0.949. The van der Waals surface area contributed by atoms with Crippen molar-refractivity contribution in [2.45, 2.75) is 112 Å². The molecule has 3 aromatic rings. The Morgan fingerprint density at radius 1 is 0.545 bits per heavy atom. The van der Waals surface area contributed by atoms with Gasteiger partial charge in [0.15, 0.2) is 0 Å². The molecular formula is C47H61N7O12. The van der Waals surface area contributed by atoms with Crippen LogP contribution < -0.4 is 30.7 Å².